The summed E-state index contributed by atoms with van der Waals surface area (Å²) in [7, 11) is 0. The van der Waals surface area contributed by atoms with E-state index in [4.69, 9.17) is 4.74 Å². The van der Waals surface area contributed by atoms with Crippen molar-refractivity contribution >= 4 is 6.16 Å². The molecule has 0 amide bonds. The highest BCUT2D eigenvalue weighted by Gasteiger charge is 2.20. The van der Waals surface area contributed by atoms with Gasteiger partial charge in [-0.15, -0.1) is 0 Å². The van der Waals surface area contributed by atoms with Gasteiger partial charge in [-0.05, 0) is 60.8 Å². The lowest BCUT2D eigenvalue weighted by atomic mass is 9.91. The zero-order valence-electron chi connectivity index (χ0n) is 18.0. The van der Waals surface area contributed by atoms with Crippen molar-refractivity contribution in [2.45, 2.75) is 84.2 Å². The van der Waals surface area contributed by atoms with E-state index in [-0.39, 0.29) is 6.10 Å². The van der Waals surface area contributed by atoms with E-state index >= 15 is 0 Å². The van der Waals surface area contributed by atoms with Crippen molar-refractivity contribution in [3.05, 3.63) is 70.8 Å². The van der Waals surface area contributed by atoms with Crippen LogP contribution in [0.5, 0.6) is 0 Å². The molecule has 2 aromatic carbocycles. The van der Waals surface area contributed by atoms with Crippen molar-refractivity contribution in [3.63, 3.8) is 0 Å². The molecule has 0 spiro atoms. The van der Waals surface area contributed by atoms with Gasteiger partial charge < -0.3 is 9.84 Å². The normalized spacial score (nSPS) is 11.9. The first kappa shape index (κ1) is 23.0. The highest BCUT2D eigenvalue weighted by atomic mass is 16.7. The van der Waals surface area contributed by atoms with E-state index in [1.165, 1.54) is 42.4 Å². The number of hydrogen-bond acceptors (Lipinski definition) is 2. The standard InChI is InChI=1S/C26H36O3/c1-3-22-18-14-19-24(23(22)4-2)25(29-26(27)28)20-13-8-6-5-7-10-15-21-16-11-9-12-17-21/h9,11-12,14,16-19,25H,3-8,10,13,15,20H2,1-2H3,(H,27,28). The first-order valence-electron chi connectivity index (χ1n) is 11.2. The van der Waals surface area contributed by atoms with Gasteiger partial charge in [0.15, 0.2) is 0 Å². The molecule has 0 heterocycles. The molecule has 0 radical (unpaired) electrons. The molecule has 1 unspecified atom stereocenters. The van der Waals surface area contributed by atoms with Crippen LogP contribution in [0.1, 0.15) is 87.2 Å². The van der Waals surface area contributed by atoms with Crippen LogP contribution in [0.3, 0.4) is 0 Å². The Labute approximate surface area is 176 Å². The molecule has 3 heteroatoms. The minimum atomic E-state index is -1.18. The van der Waals surface area contributed by atoms with E-state index in [1.54, 1.807) is 0 Å². The molecule has 3 nitrogen and oxygen atoms in total. The molecule has 2 rings (SSSR count). The maximum atomic E-state index is 11.2. The highest BCUT2D eigenvalue weighted by Crippen LogP contribution is 2.30. The van der Waals surface area contributed by atoms with Crippen LogP contribution in [0.4, 0.5) is 4.79 Å². The predicted octanol–water partition coefficient (Wildman–Crippen LogP) is 7.52. The lowest BCUT2D eigenvalue weighted by Crippen LogP contribution is -2.12. The first-order valence-corrected chi connectivity index (χ1v) is 11.2. The number of unbranched alkanes of at least 4 members (excludes halogenated alkanes) is 5. The summed E-state index contributed by atoms with van der Waals surface area (Å²) in [6, 6.07) is 16.9. The number of hydrogen-bond donors (Lipinski definition) is 1. The molecule has 1 atom stereocenters. The third-order valence-corrected chi connectivity index (χ3v) is 5.66. The second kappa shape index (κ2) is 13.0. The molecular formula is C26H36O3. The van der Waals surface area contributed by atoms with Crippen molar-refractivity contribution < 1.29 is 14.6 Å². The van der Waals surface area contributed by atoms with Crippen LogP contribution in [0, 0.1) is 0 Å². The van der Waals surface area contributed by atoms with Crippen molar-refractivity contribution in [1.29, 1.82) is 0 Å². The molecule has 0 saturated carbocycles. The SMILES string of the molecule is CCc1cccc(C(CCCCCCCCc2ccccc2)OC(=O)O)c1CC. The number of carboxylic acid groups (broad SMARTS) is 1. The average molecular weight is 397 g/mol. The van der Waals surface area contributed by atoms with Crippen molar-refractivity contribution in [2.24, 2.45) is 0 Å². The number of rotatable bonds is 13. The van der Waals surface area contributed by atoms with E-state index in [2.05, 4.69) is 50.2 Å². The fraction of sp³-hybridized carbons (Fsp3) is 0.500. The van der Waals surface area contributed by atoms with Gasteiger partial charge in [-0.25, -0.2) is 4.79 Å². The van der Waals surface area contributed by atoms with Crippen LogP contribution in [0.15, 0.2) is 48.5 Å². The smallest absolute Gasteiger partial charge is 0.450 e. The fourth-order valence-electron chi connectivity index (χ4n) is 4.13. The Morgan fingerprint density at radius 3 is 2.21 bits per heavy atom. The number of carbonyl (C=O) groups is 1. The van der Waals surface area contributed by atoms with Gasteiger partial charge in [0.05, 0.1) is 0 Å². The van der Waals surface area contributed by atoms with Gasteiger partial charge >= 0.3 is 6.16 Å². The molecule has 0 aromatic heterocycles. The third kappa shape index (κ3) is 7.92. The van der Waals surface area contributed by atoms with Gasteiger partial charge in [-0.3, -0.25) is 0 Å². The van der Waals surface area contributed by atoms with Crippen LogP contribution in [0.2, 0.25) is 0 Å². The molecule has 0 bridgehead atoms. The van der Waals surface area contributed by atoms with E-state index in [9.17, 15) is 9.90 Å². The molecule has 0 aliphatic heterocycles. The average Bonchev–Trinajstić information content (AvgIpc) is 2.74. The maximum Gasteiger partial charge on any atom is 0.506 e. The second-order valence-corrected chi connectivity index (χ2v) is 7.71. The molecule has 0 aliphatic carbocycles. The summed E-state index contributed by atoms with van der Waals surface area (Å²) in [5.74, 6) is 0. The Bertz CT molecular complexity index is 724. The van der Waals surface area contributed by atoms with Crippen molar-refractivity contribution in [3.8, 4) is 0 Å². The quantitative estimate of drug-likeness (QED) is 0.281. The molecule has 0 saturated heterocycles. The van der Waals surface area contributed by atoms with Gasteiger partial charge in [0.2, 0.25) is 0 Å². The zero-order valence-corrected chi connectivity index (χ0v) is 18.0. The van der Waals surface area contributed by atoms with E-state index in [0.29, 0.717) is 0 Å². The van der Waals surface area contributed by atoms with Gasteiger partial charge in [0.25, 0.3) is 0 Å². The Balaban J connectivity index is 1.76. The molecule has 2 aromatic rings. The second-order valence-electron chi connectivity index (χ2n) is 7.71. The fourth-order valence-corrected chi connectivity index (χ4v) is 4.13. The molecule has 0 aliphatic rings. The minimum absolute atomic E-state index is 0.355. The molecule has 29 heavy (non-hydrogen) atoms. The highest BCUT2D eigenvalue weighted by molar-refractivity contribution is 5.57. The lowest BCUT2D eigenvalue weighted by molar-refractivity contribution is 0.0460. The number of benzene rings is 2. The van der Waals surface area contributed by atoms with Crippen LogP contribution in [-0.4, -0.2) is 11.3 Å². The van der Waals surface area contributed by atoms with Crippen LogP contribution in [0.25, 0.3) is 0 Å². The van der Waals surface area contributed by atoms with Crippen molar-refractivity contribution in [2.75, 3.05) is 0 Å². The van der Waals surface area contributed by atoms with Gasteiger partial charge in [0.1, 0.15) is 6.10 Å². The topological polar surface area (TPSA) is 46.5 Å². The summed E-state index contributed by atoms with van der Waals surface area (Å²) in [6.45, 7) is 4.27. The van der Waals surface area contributed by atoms with Gasteiger partial charge in [-0.1, -0.05) is 88.1 Å². The maximum absolute atomic E-state index is 11.2. The minimum Gasteiger partial charge on any atom is -0.450 e. The van der Waals surface area contributed by atoms with Crippen molar-refractivity contribution in [1.82, 2.24) is 0 Å². The van der Waals surface area contributed by atoms with E-state index < -0.39 is 6.16 Å². The Hall–Kier alpha value is -2.29. The molecular weight excluding hydrogens is 360 g/mol. The van der Waals surface area contributed by atoms with Gasteiger partial charge in [0, 0.05) is 0 Å². The molecule has 158 valence electrons. The summed E-state index contributed by atoms with van der Waals surface area (Å²) in [4.78, 5) is 11.2. The molecule has 0 fully saturated rings. The molecule has 1 N–H and O–H groups in total. The van der Waals surface area contributed by atoms with Crippen LogP contribution in [-0.2, 0) is 24.0 Å². The summed E-state index contributed by atoms with van der Waals surface area (Å²) in [5.41, 5.74) is 5.02. The first-order chi connectivity index (χ1) is 14.2. The summed E-state index contributed by atoms with van der Waals surface area (Å²) in [6.07, 6.45) is 9.29. The Kier molecular flexibility index (Phi) is 10.3. The Morgan fingerprint density at radius 2 is 1.55 bits per heavy atom. The third-order valence-electron chi connectivity index (χ3n) is 5.66. The predicted molar refractivity (Wildman–Crippen MR) is 120 cm³/mol. The summed E-state index contributed by atoms with van der Waals surface area (Å²) >= 11 is 0. The van der Waals surface area contributed by atoms with E-state index in [0.717, 1.165) is 44.1 Å². The largest absolute Gasteiger partial charge is 0.506 e. The lowest BCUT2D eigenvalue weighted by Gasteiger charge is -2.21. The number of aryl methyl sites for hydroxylation is 2. The van der Waals surface area contributed by atoms with Crippen LogP contribution < -0.4 is 0 Å². The zero-order chi connectivity index (χ0) is 20.9. The Morgan fingerprint density at radius 1 is 0.862 bits per heavy atom. The van der Waals surface area contributed by atoms with E-state index in [1.807, 2.05) is 12.1 Å². The van der Waals surface area contributed by atoms with Gasteiger partial charge in [-0.2, -0.15) is 0 Å². The monoisotopic (exact) mass is 396 g/mol. The number of ether oxygens (including phenoxy) is 1. The summed E-state index contributed by atoms with van der Waals surface area (Å²) < 4.78 is 5.29. The van der Waals surface area contributed by atoms with Crippen LogP contribution >= 0.6 is 0 Å². The summed E-state index contributed by atoms with van der Waals surface area (Å²) in [5, 5.41) is 9.21.